The first-order valence-electron chi connectivity index (χ1n) is 4.14. The van der Waals surface area contributed by atoms with Gasteiger partial charge < -0.3 is 4.98 Å². The first-order chi connectivity index (χ1) is 6.86. The van der Waals surface area contributed by atoms with E-state index < -0.39 is 17.6 Å². The van der Waals surface area contributed by atoms with Crippen molar-refractivity contribution in [3.63, 3.8) is 0 Å². The molecule has 1 N–H and O–H groups in total. The number of hydrogen-bond donors (Lipinski definition) is 1. The van der Waals surface area contributed by atoms with Crippen LogP contribution < -0.4 is 5.56 Å². The molecule has 82 valence electrons. The van der Waals surface area contributed by atoms with Crippen LogP contribution in [0.25, 0.3) is 0 Å². The minimum absolute atomic E-state index is 0.0750. The fourth-order valence-corrected chi connectivity index (χ4v) is 1.13. The maximum atomic E-state index is 12.2. The summed E-state index contributed by atoms with van der Waals surface area (Å²) >= 11 is 0. The molecular weight excluding hydrogens is 209 g/mol. The smallest absolute Gasteiger partial charge is 0.303 e. The van der Waals surface area contributed by atoms with Gasteiger partial charge in [0.15, 0.2) is 0 Å². The molecule has 1 aromatic heterocycles. The number of rotatable bonds is 2. The summed E-state index contributed by atoms with van der Waals surface area (Å²) in [5.41, 5.74) is -0.487. The summed E-state index contributed by atoms with van der Waals surface area (Å²) in [6.07, 6.45) is -2.99. The molecule has 0 aliphatic rings. The molecule has 15 heavy (non-hydrogen) atoms. The number of halogens is 3. The van der Waals surface area contributed by atoms with Crippen LogP contribution >= 0.6 is 0 Å². The van der Waals surface area contributed by atoms with E-state index in [0.29, 0.717) is 0 Å². The minimum atomic E-state index is -4.63. The predicted octanol–water partition coefficient (Wildman–Crippen LogP) is 1.83. The second-order valence-electron chi connectivity index (χ2n) is 2.97. The molecule has 0 unspecified atom stereocenters. The Morgan fingerprint density at radius 2 is 2.13 bits per heavy atom. The molecule has 3 nitrogen and oxygen atoms in total. The molecule has 0 aromatic carbocycles. The van der Waals surface area contributed by atoms with Gasteiger partial charge in [-0.25, -0.2) is 4.98 Å². The van der Waals surface area contributed by atoms with Crippen molar-refractivity contribution in [2.24, 2.45) is 0 Å². The standard InChI is InChI=1S/C9H9F3N2O/c1-3-4-6-5(2)13-8(9(10,11)12)14-7(6)15/h3H,1,4H2,2H3,(H,13,14,15). The van der Waals surface area contributed by atoms with Gasteiger partial charge in [-0.2, -0.15) is 13.2 Å². The molecule has 0 saturated carbocycles. The van der Waals surface area contributed by atoms with Gasteiger partial charge in [-0.1, -0.05) is 6.08 Å². The molecule has 1 rings (SSSR count). The number of nitrogens with zero attached hydrogens (tertiary/aromatic N) is 1. The van der Waals surface area contributed by atoms with Crippen molar-refractivity contribution in [1.82, 2.24) is 9.97 Å². The van der Waals surface area contributed by atoms with E-state index in [4.69, 9.17) is 0 Å². The van der Waals surface area contributed by atoms with Crippen molar-refractivity contribution in [2.75, 3.05) is 0 Å². The van der Waals surface area contributed by atoms with Gasteiger partial charge in [0.1, 0.15) is 0 Å². The topological polar surface area (TPSA) is 45.8 Å². The Bertz CT molecular complexity index is 434. The van der Waals surface area contributed by atoms with Crippen LogP contribution in [-0.4, -0.2) is 9.97 Å². The van der Waals surface area contributed by atoms with E-state index in [-0.39, 0.29) is 17.7 Å². The molecule has 0 aliphatic heterocycles. The largest absolute Gasteiger partial charge is 0.449 e. The van der Waals surface area contributed by atoms with Gasteiger partial charge in [0.05, 0.1) is 0 Å². The minimum Gasteiger partial charge on any atom is -0.303 e. The Morgan fingerprint density at radius 3 is 2.53 bits per heavy atom. The van der Waals surface area contributed by atoms with Crippen LogP contribution in [0.2, 0.25) is 0 Å². The molecular formula is C9H9F3N2O. The van der Waals surface area contributed by atoms with Crippen LogP contribution in [0.3, 0.4) is 0 Å². The SMILES string of the molecule is C=CCc1c(C)nc(C(F)(F)F)[nH]c1=O. The van der Waals surface area contributed by atoms with Crippen LogP contribution in [0.1, 0.15) is 17.1 Å². The fourth-order valence-electron chi connectivity index (χ4n) is 1.13. The van der Waals surface area contributed by atoms with Crippen molar-refractivity contribution in [3.8, 4) is 0 Å². The lowest BCUT2D eigenvalue weighted by atomic mass is 10.2. The zero-order valence-electron chi connectivity index (χ0n) is 7.98. The van der Waals surface area contributed by atoms with Gasteiger partial charge in [0, 0.05) is 11.3 Å². The van der Waals surface area contributed by atoms with Gasteiger partial charge >= 0.3 is 6.18 Å². The summed E-state index contributed by atoms with van der Waals surface area (Å²) in [6.45, 7) is 4.77. The molecule has 0 radical (unpaired) electrons. The van der Waals surface area contributed by atoms with Gasteiger partial charge in [0.2, 0.25) is 5.82 Å². The second kappa shape index (κ2) is 3.88. The highest BCUT2D eigenvalue weighted by atomic mass is 19.4. The third-order valence-electron chi connectivity index (χ3n) is 1.84. The Labute approximate surface area is 83.7 Å². The van der Waals surface area contributed by atoms with E-state index >= 15 is 0 Å². The fraction of sp³-hybridized carbons (Fsp3) is 0.333. The summed E-state index contributed by atoms with van der Waals surface area (Å²) < 4.78 is 36.6. The normalized spacial score (nSPS) is 11.5. The number of allylic oxidation sites excluding steroid dienone is 1. The van der Waals surface area contributed by atoms with E-state index in [1.165, 1.54) is 13.0 Å². The average Bonchev–Trinajstić information content (AvgIpc) is 2.09. The molecule has 1 heterocycles. The van der Waals surface area contributed by atoms with Crippen LogP contribution in [-0.2, 0) is 12.6 Å². The zero-order chi connectivity index (χ0) is 11.6. The quantitative estimate of drug-likeness (QED) is 0.769. The highest BCUT2D eigenvalue weighted by Crippen LogP contribution is 2.25. The Kier molecular flexibility index (Phi) is 2.97. The summed E-state index contributed by atoms with van der Waals surface area (Å²) in [5.74, 6) is -1.27. The van der Waals surface area contributed by atoms with Crippen LogP contribution in [0.15, 0.2) is 17.4 Å². The van der Waals surface area contributed by atoms with Crippen molar-refractivity contribution < 1.29 is 13.2 Å². The van der Waals surface area contributed by atoms with E-state index in [1.54, 1.807) is 4.98 Å². The number of alkyl halides is 3. The van der Waals surface area contributed by atoms with Crippen molar-refractivity contribution >= 4 is 0 Å². The monoisotopic (exact) mass is 218 g/mol. The van der Waals surface area contributed by atoms with Crippen molar-refractivity contribution in [2.45, 2.75) is 19.5 Å². The Balaban J connectivity index is 3.32. The number of hydrogen-bond acceptors (Lipinski definition) is 2. The molecule has 0 atom stereocenters. The first kappa shape index (κ1) is 11.5. The van der Waals surface area contributed by atoms with E-state index in [1.807, 2.05) is 0 Å². The number of aromatic nitrogens is 2. The molecule has 0 fully saturated rings. The molecule has 0 bridgehead atoms. The lowest BCUT2D eigenvalue weighted by Crippen LogP contribution is -2.23. The van der Waals surface area contributed by atoms with Gasteiger partial charge in [-0.15, -0.1) is 6.58 Å². The maximum Gasteiger partial charge on any atom is 0.449 e. The number of H-pyrrole nitrogens is 1. The second-order valence-corrected chi connectivity index (χ2v) is 2.97. The lowest BCUT2D eigenvalue weighted by molar-refractivity contribution is -0.145. The predicted molar refractivity (Wildman–Crippen MR) is 48.5 cm³/mol. The number of aryl methyl sites for hydroxylation is 1. The molecule has 1 aromatic rings. The Hall–Kier alpha value is -1.59. The van der Waals surface area contributed by atoms with Crippen LogP contribution in [0.5, 0.6) is 0 Å². The maximum absolute atomic E-state index is 12.2. The molecule has 0 spiro atoms. The zero-order valence-corrected chi connectivity index (χ0v) is 7.98. The van der Waals surface area contributed by atoms with Gasteiger partial charge in [-0.3, -0.25) is 4.79 Å². The number of aromatic amines is 1. The first-order valence-corrected chi connectivity index (χ1v) is 4.14. The third-order valence-corrected chi connectivity index (χ3v) is 1.84. The summed E-state index contributed by atoms with van der Waals surface area (Å²) in [5, 5.41) is 0. The van der Waals surface area contributed by atoms with Crippen LogP contribution in [0, 0.1) is 6.92 Å². The van der Waals surface area contributed by atoms with Gasteiger partial charge in [0.25, 0.3) is 5.56 Å². The van der Waals surface area contributed by atoms with E-state index in [0.717, 1.165) is 0 Å². The molecule has 6 heteroatoms. The lowest BCUT2D eigenvalue weighted by Gasteiger charge is -2.07. The third kappa shape index (κ3) is 2.45. The average molecular weight is 218 g/mol. The number of nitrogens with one attached hydrogen (secondary N) is 1. The molecule has 0 aliphatic carbocycles. The molecule has 0 saturated heterocycles. The summed E-state index contributed by atoms with van der Waals surface area (Å²) in [6, 6.07) is 0. The van der Waals surface area contributed by atoms with Crippen molar-refractivity contribution in [1.29, 1.82) is 0 Å². The van der Waals surface area contributed by atoms with Crippen LogP contribution in [0.4, 0.5) is 13.2 Å². The highest BCUT2D eigenvalue weighted by Gasteiger charge is 2.34. The molecule has 0 amide bonds. The van der Waals surface area contributed by atoms with Gasteiger partial charge in [-0.05, 0) is 13.3 Å². The highest BCUT2D eigenvalue weighted by molar-refractivity contribution is 5.19. The van der Waals surface area contributed by atoms with E-state index in [9.17, 15) is 18.0 Å². The Morgan fingerprint density at radius 1 is 1.53 bits per heavy atom. The van der Waals surface area contributed by atoms with Crippen molar-refractivity contribution in [3.05, 3.63) is 40.1 Å². The summed E-state index contributed by atoms with van der Waals surface area (Å²) in [4.78, 5) is 16.3. The summed E-state index contributed by atoms with van der Waals surface area (Å²) in [7, 11) is 0. The van der Waals surface area contributed by atoms with E-state index in [2.05, 4.69) is 11.6 Å².